The third-order valence-electron chi connectivity index (χ3n) is 3.28. The van der Waals surface area contributed by atoms with E-state index in [9.17, 15) is 10.1 Å². The predicted octanol–water partition coefficient (Wildman–Crippen LogP) is 4.10. The van der Waals surface area contributed by atoms with Gasteiger partial charge in [-0.25, -0.2) is 4.79 Å². The van der Waals surface area contributed by atoms with Gasteiger partial charge in [-0.15, -0.1) is 0 Å². The quantitative estimate of drug-likeness (QED) is 0.856. The van der Waals surface area contributed by atoms with E-state index < -0.39 is 5.97 Å². The largest absolute Gasteiger partial charge is 0.478 e. The van der Waals surface area contributed by atoms with E-state index >= 15 is 0 Å². The third kappa shape index (κ3) is 3.18. The molecule has 0 amide bonds. The molecule has 0 atom stereocenters. The number of hydrogen-bond donors (Lipinski definition) is 1. The molecule has 0 radical (unpaired) electrons. The molecule has 0 bridgehead atoms. The van der Waals surface area contributed by atoms with Gasteiger partial charge in [-0.2, -0.15) is 5.26 Å². The Hall–Kier alpha value is -2.86. The maximum Gasteiger partial charge on any atom is 0.331 e. The Bertz CT molecular complexity index is 725. The summed E-state index contributed by atoms with van der Waals surface area (Å²) in [4.78, 5) is 11.1. The van der Waals surface area contributed by atoms with E-state index in [4.69, 9.17) is 5.11 Å². The standard InChI is InChI=1S/C18H15NO2/c1-2-13(18(20)21)11-15-9-6-10-16(17(15)12-19)14-7-4-3-5-8-14/h3-11H,2H2,1H3,(H,20,21). The average molecular weight is 277 g/mol. The van der Waals surface area contributed by atoms with Crippen LogP contribution in [0.5, 0.6) is 0 Å². The highest BCUT2D eigenvalue weighted by molar-refractivity contribution is 5.93. The Kier molecular flexibility index (Phi) is 4.53. The van der Waals surface area contributed by atoms with Gasteiger partial charge in [0.05, 0.1) is 5.56 Å². The van der Waals surface area contributed by atoms with E-state index in [1.54, 1.807) is 19.1 Å². The summed E-state index contributed by atoms with van der Waals surface area (Å²) in [5, 5.41) is 18.6. The first-order valence-corrected chi connectivity index (χ1v) is 6.69. The van der Waals surface area contributed by atoms with Crippen LogP contribution in [0.2, 0.25) is 0 Å². The van der Waals surface area contributed by atoms with Crippen LogP contribution in [0.25, 0.3) is 17.2 Å². The van der Waals surface area contributed by atoms with Gasteiger partial charge in [-0.3, -0.25) is 0 Å². The Morgan fingerprint density at radius 3 is 2.48 bits per heavy atom. The summed E-state index contributed by atoms with van der Waals surface area (Å²) < 4.78 is 0. The molecule has 0 fully saturated rings. The van der Waals surface area contributed by atoms with Gasteiger partial charge >= 0.3 is 5.97 Å². The molecule has 1 N–H and O–H groups in total. The molecule has 0 heterocycles. The molecule has 3 heteroatoms. The van der Waals surface area contributed by atoms with Gasteiger partial charge in [-0.05, 0) is 23.6 Å². The molecule has 0 unspecified atom stereocenters. The lowest BCUT2D eigenvalue weighted by Crippen LogP contribution is -1.99. The van der Waals surface area contributed by atoms with Crippen LogP contribution in [0, 0.1) is 11.3 Å². The molecule has 104 valence electrons. The fraction of sp³-hybridized carbons (Fsp3) is 0.111. The molecule has 3 nitrogen and oxygen atoms in total. The van der Waals surface area contributed by atoms with Gasteiger partial charge in [0, 0.05) is 11.1 Å². The lowest BCUT2D eigenvalue weighted by Gasteiger charge is -2.08. The van der Waals surface area contributed by atoms with Crippen molar-refractivity contribution < 1.29 is 9.90 Å². The van der Waals surface area contributed by atoms with Crippen LogP contribution in [0.1, 0.15) is 24.5 Å². The lowest BCUT2D eigenvalue weighted by molar-refractivity contribution is -0.132. The molecule has 0 aliphatic rings. The van der Waals surface area contributed by atoms with Crippen molar-refractivity contribution >= 4 is 12.0 Å². The van der Waals surface area contributed by atoms with Crippen LogP contribution in [0.3, 0.4) is 0 Å². The smallest absolute Gasteiger partial charge is 0.331 e. The highest BCUT2D eigenvalue weighted by Crippen LogP contribution is 2.27. The number of carbonyl (C=O) groups is 1. The zero-order valence-electron chi connectivity index (χ0n) is 11.7. The second kappa shape index (κ2) is 6.53. The Morgan fingerprint density at radius 1 is 1.19 bits per heavy atom. The summed E-state index contributed by atoms with van der Waals surface area (Å²) in [6.07, 6.45) is 1.99. The van der Waals surface area contributed by atoms with Crippen molar-refractivity contribution in [2.45, 2.75) is 13.3 Å². The number of aliphatic carboxylic acids is 1. The van der Waals surface area contributed by atoms with E-state index in [-0.39, 0.29) is 5.57 Å². The van der Waals surface area contributed by atoms with Crippen LogP contribution in [-0.2, 0) is 4.79 Å². The fourth-order valence-corrected chi connectivity index (χ4v) is 2.18. The van der Waals surface area contributed by atoms with Crippen molar-refractivity contribution in [1.82, 2.24) is 0 Å². The van der Waals surface area contributed by atoms with Crippen molar-refractivity contribution in [3.8, 4) is 17.2 Å². The van der Waals surface area contributed by atoms with Gasteiger partial charge < -0.3 is 5.11 Å². The van der Waals surface area contributed by atoms with Crippen molar-refractivity contribution in [1.29, 1.82) is 5.26 Å². The van der Waals surface area contributed by atoms with Gasteiger partial charge in [0.2, 0.25) is 0 Å². The maximum absolute atomic E-state index is 11.1. The van der Waals surface area contributed by atoms with Gasteiger partial charge in [0.1, 0.15) is 6.07 Å². The summed E-state index contributed by atoms with van der Waals surface area (Å²) in [5.41, 5.74) is 3.18. The summed E-state index contributed by atoms with van der Waals surface area (Å²) in [7, 11) is 0. The SMILES string of the molecule is CCC(=Cc1cccc(-c2ccccc2)c1C#N)C(=O)O. The highest BCUT2D eigenvalue weighted by Gasteiger charge is 2.11. The first-order chi connectivity index (χ1) is 10.2. The minimum atomic E-state index is -0.952. The molecule has 21 heavy (non-hydrogen) atoms. The third-order valence-corrected chi connectivity index (χ3v) is 3.28. The number of rotatable bonds is 4. The van der Waals surface area contributed by atoms with Crippen LogP contribution in [0.15, 0.2) is 54.1 Å². The molecule has 0 aromatic heterocycles. The first-order valence-electron chi connectivity index (χ1n) is 6.69. The zero-order chi connectivity index (χ0) is 15.2. The zero-order valence-corrected chi connectivity index (χ0v) is 11.7. The second-order valence-corrected chi connectivity index (χ2v) is 4.58. The van der Waals surface area contributed by atoms with Crippen LogP contribution in [0.4, 0.5) is 0 Å². The summed E-state index contributed by atoms with van der Waals surface area (Å²) in [5.74, 6) is -0.952. The van der Waals surface area contributed by atoms with E-state index in [0.29, 0.717) is 17.5 Å². The molecule has 0 aliphatic carbocycles. The molecule has 0 aliphatic heterocycles. The van der Waals surface area contributed by atoms with E-state index in [1.807, 2.05) is 42.5 Å². The molecule has 0 saturated heterocycles. The van der Waals surface area contributed by atoms with Crippen molar-refractivity contribution in [3.05, 3.63) is 65.2 Å². The second-order valence-electron chi connectivity index (χ2n) is 4.58. The van der Waals surface area contributed by atoms with E-state index in [0.717, 1.165) is 11.1 Å². The minimum Gasteiger partial charge on any atom is -0.478 e. The molecule has 0 spiro atoms. The fourth-order valence-electron chi connectivity index (χ4n) is 2.18. The first kappa shape index (κ1) is 14.5. The highest BCUT2D eigenvalue weighted by atomic mass is 16.4. The monoisotopic (exact) mass is 277 g/mol. The van der Waals surface area contributed by atoms with Crippen LogP contribution >= 0.6 is 0 Å². The summed E-state index contributed by atoms with van der Waals surface area (Å²) in [6.45, 7) is 1.78. The summed E-state index contributed by atoms with van der Waals surface area (Å²) in [6, 6.07) is 17.3. The lowest BCUT2D eigenvalue weighted by atomic mass is 9.95. The Balaban J connectivity index is 2.61. The van der Waals surface area contributed by atoms with Crippen LogP contribution in [-0.4, -0.2) is 11.1 Å². The van der Waals surface area contributed by atoms with Gasteiger partial charge in [0.25, 0.3) is 0 Å². The number of carboxylic acids is 1. The van der Waals surface area contributed by atoms with Crippen LogP contribution < -0.4 is 0 Å². The van der Waals surface area contributed by atoms with Crippen molar-refractivity contribution in [3.63, 3.8) is 0 Å². The summed E-state index contributed by atoms with van der Waals surface area (Å²) >= 11 is 0. The van der Waals surface area contributed by atoms with E-state index in [1.165, 1.54) is 0 Å². The van der Waals surface area contributed by atoms with Gasteiger partial charge in [-0.1, -0.05) is 55.5 Å². The maximum atomic E-state index is 11.1. The number of hydrogen-bond acceptors (Lipinski definition) is 2. The van der Waals surface area contributed by atoms with Crippen molar-refractivity contribution in [2.75, 3.05) is 0 Å². The normalized spacial score (nSPS) is 11.0. The molecule has 0 saturated carbocycles. The Morgan fingerprint density at radius 2 is 1.90 bits per heavy atom. The minimum absolute atomic E-state index is 0.289. The topological polar surface area (TPSA) is 61.1 Å². The molecule has 2 rings (SSSR count). The molecule has 2 aromatic rings. The number of nitriles is 1. The van der Waals surface area contributed by atoms with E-state index in [2.05, 4.69) is 6.07 Å². The predicted molar refractivity (Wildman–Crippen MR) is 82.5 cm³/mol. The number of benzene rings is 2. The number of nitrogens with zero attached hydrogens (tertiary/aromatic N) is 1. The van der Waals surface area contributed by atoms with Crippen molar-refractivity contribution in [2.24, 2.45) is 0 Å². The molecule has 2 aromatic carbocycles. The Labute approximate surface area is 123 Å². The average Bonchev–Trinajstić information content (AvgIpc) is 2.52. The molecular weight excluding hydrogens is 262 g/mol. The molecular formula is C18H15NO2. The van der Waals surface area contributed by atoms with Gasteiger partial charge in [0.15, 0.2) is 0 Å². The number of carboxylic acid groups (broad SMARTS) is 1.